The van der Waals surface area contributed by atoms with E-state index in [1.807, 2.05) is 0 Å². The molecular weight excluding hydrogens is 190 g/mol. The normalized spacial score (nSPS) is 27.1. The number of nitrogens with zero attached hydrogens (tertiary/aromatic N) is 1. The second-order valence-corrected chi connectivity index (χ2v) is 4.53. The van der Waals surface area contributed by atoms with Gasteiger partial charge in [-0.15, -0.1) is 0 Å². The van der Waals surface area contributed by atoms with Gasteiger partial charge in [-0.1, -0.05) is 0 Å². The summed E-state index contributed by atoms with van der Waals surface area (Å²) < 4.78 is 0. The van der Waals surface area contributed by atoms with Crippen LogP contribution in [0.25, 0.3) is 0 Å². The molecule has 2 heterocycles. The highest BCUT2D eigenvalue weighted by molar-refractivity contribution is 5.79. The van der Waals surface area contributed by atoms with E-state index >= 15 is 0 Å². The molecule has 2 rings (SSSR count). The molecular formula is C11H21N3O. The molecule has 2 N–H and O–H groups in total. The fourth-order valence-corrected chi connectivity index (χ4v) is 2.37. The lowest BCUT2D eigenvalue weighted by atomic mass is 10.1. The second-order valence-electron chi connectivity index (χ2n) is 4.53. The van der Waals surface area contributed by atoms with Gasteiger partial charge in [0.05, 0.1) is 5.92 Å². The standard InChI is InChI=1S/C11H21N3O/c15-11(10-3-4-12-9-10)13-5-8-14-6-1-2-7-14/h10,12H,1-9H2,(H,13,15)/t10-/m1/s1. The molecule has 0 saturated carbocycles. The molecule has 86 valence electrons. The van der Waals surface area contributed by atoms with Gasteiger partial charge in [0.25, 0.3) is 0 Å². The van der Waals surface area contributed by atoms with Crippen molar-refractivity contribution >= 4 is 5.91 Å². The van der Waals surface area contributed by atoms with Crippen LogP contribution in [-0.2, 0) is 4.79 Å². The molecule has 0 aromatic carbocycles. The van der Waals surface area contributed by atoms with Crippen molar-refractivity contribution < 1.29 is 4.79 Å². The highest BCUT2D eigenvalue weighted by Crippen LogP contribution is 2.07. The van der Waals surface area contributed by atoms with Gasteiger partial charge in [-0.3, -0.25) is 4.79 Å². The number of hydrogen-bond acceptors (Lipinski definition) is 3. The van der Waals surface area contributed by atoms with Crippen molar-refractivity contribution in [1.82, 2.24) is 15.5 Å². The van der Waals surface area contributed by atoms with Crippen LogP contribution in [-0.4, -0.2) is 50.1 Å². The molecule has 1 amide bonds. The van der Waals surface area contributed by atoms with Crippen LogP contribution in [0.3, 0.4) is 0 Å². The molecule has 0 radical (unpaired) electrons. The Bertz CT molecular complexity index is 208. The molecule has 0 spiro atoms. The Morgan fingerprint density at radius 2 is 2.20 bits per heavy atom. The fraction of sp³-hybridized carbons (Fsp3) is 0.909. The van der Waals surface area contributed by atoms with E-state index in [2.05, 4.69) is 15.5 Å². The zero-order valence-electron chi connectivity index (χ0n) is 9.30. The highest BCUT2D eigenvalue weighted by Gasteiger charge is 2.22. The van der Waals surface area contributed by atoms with Crippen molar-refractivity contribution in [3.63, 3.8) is 0 Å². The third-order valence-corrected chi connectivity index (χ3v) is 3.36. The summed E-state index contributed by atoms with van der Waals surface area (Å²) in [7, 11) is 0. The molecule has 4 heteroatoms. The van der Waals surface area contributed by atoms with Gasteiger partial charge in [-0.25, -0.2) is 0 Å². The summed E-state index contributed by atoms with van der Waals surface area (Å²) in [6.45, 7) is 6.10. The van der Waals surface area contributed by atoms with Crippen LogP contribution in [0.4, 0.5) is 0 Å². The van der Waals surface area contributed by atoms with E-state index in [4.69, 9.17) is 0 Å². The van der Waals surface area contributed by atoms with Gasteiger partial charge < -0.3 is 15.5 Å². The van der Waals surface area contributed by atoms with Crippen LogP contribution in [0, 0.1) is 5.92 Å². The maximum Gasteiger partial charge on any atom is 0.224 e. The van der Waals surface area contributed by atoms with Crippen LogP contribution in [0.2, 0.25) is 0 Å². The first-order valence-electron chi connectivity index (χ1n) is 6.07. The zero-order valence-corrected chi connectivity index (χ0v) is 9.30. The number of carbonyl (C=O) groups is 1. The maximum atomic E-state index is 11.6. The van der Waals surface area contributed by atoms with E-state index < -0.39 is 0 Å². The Morgan fingerprint density at radius 1 is 1.40 bits per heavy atom. The Morgan fingerprint density at radius 3 is 2.87 bits per heavy atom. The lowest BCUT2D eigenvalue weighted by molar-refractivity contribution is -0.124. The van der Waals surface area contributed by atoms with E-state index in [-0.39, 0.29) is 11.8 Å². The number of rotatable bonds is 4. The van der Waals surface area contributed by atoms with Crippen molar-refractivity contribution in [3.05, 3.63) is 0 Å². The number of hydrogen-bond donors (Lipinski definition) is 2. The Balaban J connectivity index is 1.58. The van der Waals surface area contributed by atoms with E-state index in [1.165, 1.54) is 25.9 Å². The first-order chi connectivity index (χ1) is 7.36. The lowest BCUT2D eigenvalue weighted by Crippen LogP contribution is -2.37. The summed E-state index contributed by atoms with van der Waals surface area (Å²) in [6, 6.07) is 0. The summed E-state index contributed by atoms with van der Waals surface area (Å²) in [5.41, 5.74) is 0. The number of nitrogens with one attached hydrogen (secondary N) is 2. The first kappa shape index (κ1) is 10.9. The zero-order chi connectivity index (χ0) is 10.5. The molecule has 15 heavy (non-hydrogen) atoms. The van der Waals surface area contributed by atoms with Crippen molar-refractivity contribution in [1.29, 1.82) is 0 Å². The van der Waals surface area contributed by atoms with Crippen LogP contribution < -0.4 is 10.6 Å². The summed E-state index contributed by atoms with van der Waals surface area (Å²) >= 11 is 0. The molecule has 2 aliphatic rings. The van der Waals surface area contributed by atoms with Gasteiger partial charge in [0, 0.05) is 19.6 Å². The highest BCUT2D eigenvalue weighted by atomic mass is 16.1. The van der Waals surface area contributed by atoms with Crippen molar-refractivity contribution in [3.8, 4) is 0 Å². The Kier molecular flexibility index (Phi) is 3.97. The van der Waals surface area contributed by atoms with Gasteiger partial charge in [-0.2, -0.15) is 0 Å². The van der Waals surface area contributed by atoms with Crippen molar-refractivity contribution in [2.45, 2.75) is 19.3 Å². The molecule has 0 unspecified atom stereocenters. The lowest BCUT2D eigenvalue weighted by Gasteiger charge is -2.16. The van der Waals surface area contributed by atoms with Gasteiger partial charge >= 0.3 is 0 Å². The molecule has 2 fully saturated rings. The van der Waals surface area contributed by atoms with Gasteiger partial charge in [0.15, 0.2) is 0 Å². The van der Waals surface area contributed by atoms with E-state index in [0.717, 1.165) is 32.6 Å². The summed E-state index contributed by atoms with van der Waals surface area (Å²) in [5, 5.41) is 6.24. The average Bonchev–Trinajstić information content (AvgIpc) is 2.90. The SMILES string of the molecule is O=C(NCCN1CCCC1)[C@@H]1CCNC1. The van der Waals surface area contributed by atoms with Crippen LogP contribution in [0.15, 0.2) is 0 Å². The molecule has 0 aromatic heterocycles. The van der Waals surface area contributed by atoms with Crippen LogP contribution in [0.5, 0.6) is 0 Å². The molecule has 2 saturated heterocycles. The number of amides is 1. The smallest absolute Gasteiger partial charge is 0.224 e. The average molecular weight is 211 g/mol. The quantitative estimate of drug-likeness (QED) is 0.677. The minimum absolute atomic E-state index is 0.212. The third-order valence-electron chi connectivity index (χ3n) is 3.36. The molecule has 4 nitrogen and oxygen atoms in total. The minimum Gasteiger partial charge on any atom is -0.355 e. The van der Waals surface area contributed by atoms with Crippen LogP contribution in [0.1, 0.15) is 19.3 Å². The number of carbonyl (C=O) groups excluding carboxylic acids is 1. The molecule has 2 aliphatic heterocycles. The predicted molar refractivity (Wildman–Crippen MR) is 59.7 cm³/mol. The van der Waals surface area contributed by atoms with E-state index in [9.17, 15) is 4.79 Å². The molecule has 0 bridgehead atoms. The summed E-state index contributed by atoms with van der Waals surface area (Å²) in [5.74, 6) is 0.447. The van der Waals surface area contributed by atoms with Gasteiger partial charge in [-0.05, 0) is 38.9 Å². The largest absolute Gasteiger partial charge is 0.355 e. The summed E-state index contributed by atoms with van der Waals surface area (Å²) in [6.07, 6.45) is 3.64. The molecule has 0 aliphatic carbocycles. The predicted octanol–water partition coefficient (Wildman–Crippen LogP) is -0.192. The Hall–Kier alpha value is -0.610. The minimum atomic E-state index is 0.212. The van der Waals surface area contributed by atoms with Gasteiger partial charge in [0.2, 0.25) is 5.91 Å². The molecule has 0 aromatic rings. The Labute approximate surface area is 91.4 Å². The third kappa shape index (κ3) is 3.18. The topological polar surface area (TPSA) is 44.4 Å². The monoisotopic (exact) mass is 211 g/mol. The summed E-state index contributed by atoms with van der Waals surface area (Å²) in [4.78, 5) is 14.1. The van der Waals surface area contributed by atoms with E-state index in [1.54, 1.807) is 0 Å². The number of likely N-dealkylation sites (tertiary alicyclic amines) is 1. The van der Waals surface area contributed by atoms with E-state index in [0.29, 0.717) is 0 Å². The second kappa shape index (κ2) is 5.47. The van der Waals surface area contributed by atoms with Gasteiger partial charge in [0.1, 0.15) is 0 Å². The van der Waals surface area contributed by atoms with Crippen molar-refractivity contribution in [2.75, 3.05) is 39.3 Å². The molecule has 1 atom stereocenters. The van der Waals surface area contributed by atoms with Crippen molar-refractivity contribution in [2.24, 2.45) is 5.92 Å². The van der Waals surface area contributed by atoms with Crippen LogP contribution >= 0.6 is 0 Å². The maximum absolute atomic E-state index is 11.6. The fourth-order valence-electron chi connectivity index (χ4n) is 2.37. The first-order valence-corrected chi connectivity index (χ1v) is 6.07.